The monoisotopic (exact) mass is 371 g/mol. The number of rotatable bonds is 6. The summed E-state index contributed by atoms with van der Waals surface area (Å²) in [4.78, 5) is 31.4. The van der Waals surface area contributed by atoms with Crippen molar-refractivity contribution in [3.63, 3.8) is 0 Å². The van der Waals surface area contributed by atoms with E-state index in [2.05, 4.69) is 15.3 Å². The van der Waals surface area contributed by atoms with Gasteiger partial charge in [0.1, 0.15) is 11.4 Å². The molecule has 0 unspecified atom stereocenters. The minimum absolute atomic E-state index is 0.0609. The fourth-order valence-electron chi connectivity index (χ4n) is 2.62. The topological polar surface area (TPSA) is 115 Å². The number of nitrogens with one attached hydrogen (secondary N) is 2. The van der Waals surface area contributed by atoms with Crippen molar-refractivity contribution in [1.29, 1.82) is 0 Å². The molecule has 4 N–H and O–H groups in total. The molecule has 1 amide bonds. The van der Waals surface area contributed by atoms with Crippen molar-refractivity contribution < 1.29 is 19.8 Å². The maximum absolute atomic E-state index is 12.3. The van der Waals surface area contributed by atoms with Gasteiger partial charge in [-0.25, -0.2) is 4.98 Å². The molecule has 8 heteroatoms. The Morgan fingerprint density at radius 1 is 1.31 bits per heavy atom. The van der Waals surface area contributed by atoms with E-state index >= 15 is 0 Å². The summed E-state index contributed by atoms with van der Waals surface area (Å²) < 4.78 is 0. The number of amides is 1. The molecule has 0 radical (unpaired) electrons. The second kappa shape index (κ2) is 7.40. The van der Waals surface area contributed by atoms with Crippen molar-refractivity contribution >= 4 is 23.2 Å². The molecule has 1 aromatic carbocycles. The summed E-state index contributed by atoms with van der Waals surface area (Å²) in [5.74, 6) is -1.57. The van der Waals surface area contributed by atoms with Gasteiger partial charge in [0.15, 0.2) is 0 Å². The largest absolute Gasteiger partial charge is 0.506 e. The summed E-state index contributed by atoms with van der Waals surface area (Å²) in [5, 5.41) is 21.2. The summed E-state index contributed by atoms with van der Waals surface area (Å²) in [7, 11) is 0. The number of H-pyrrole nitrogens is 1. The Morgan fingerprint density at radius 3 is 2.58 bits per heavy atom. The van der Waals surface area contributed by atoms with E-state index in [1.807, 2.05) is 19.1 Å². The lowest BCUT2D eigenvalue weighted by Crippen LogP contribution is -2.30. The highest BCUT2D eigenvalue weighted by Crippen LogP contribution is 2.29. The highest BCUT2D eigenvalue weighted by Gasteiger charge is 2.20. The standard InChI is InChI=1S/C18H17N3O4S/c1-10-17(26-9-20-10)12-4-2-11(3-5-12)14(7-16(23)24)21-18(25)15-6-13(22)8-19-15/h2-6,8-9,14,19,22H,7H2,1H3,(H,21,25)(H,23,24)/t14-/m0/s1. The molecular weight excluding hydrogens is 354 g/mol. The molecule has 3 rings (SSSR count). The number of aliphatic carboxylic acids is 1. The van der Waals surface area contributed by atoms with E-state index in [4.69, 9.17) is 5.11 Å². The van der Waals surface area contributed by atoms with Crippen LogP contribution in [-0.2, 0) is 4.79 Å². The Bertz CT molecular complexity index is 930. The lowest BCUT2D eigenvalue weighted by Gasteiger charge is -2.17. The van der Waals surface area contributed by atoms with Crippen LogP contribution in [0.4, 0.5) is 0 Å². The quantitative estimate of drug-likeness (QED) is 0.531. The van der Waals surface area contributed by atoms with Crippen LogP contribution in [0.3, 0.4) is 0 Å². The van der Waals surface area contributed by atoms with Crippen LogP contribution in [0.5, 0.6) is 5.75 Å². The third-order valence-electron chi connectivity index (χ3n) is 3.92. The van der Waals surface area contributed by atoms with E-state index in [0.717, 1.165) is 16.1 Å². The van der Waals surface area contributed by atoms with E-state index in [1.54, 1.807) is 17.6 Å². The lowest BCUT2D eigenvalue weighted by molar-refractivity contribution is -0.137. The maximum Gasteiger partial charge on any atom is 0.305 e. The minimum atomic E-state index is -1.02. The number of thiazole rings is 1. The summed E-state index contributed by atoms with van der Waals surface area (Å²) in [6, 6.07) is 7.96. The summed E-state index contributed by atoms with van der Waals surface area (Å²) >= 11 is 1.54. The number of carbonyl (C=O) groups excluding carboxylic acids is 1. The zero-order valence-corrected chi connectivity index (χ0v) is 14.7. The van der Waals surface area contributed by atoms with Gasteiger partial charge in [0.25, 0.3) is 5.91 Å². The number of carboxylic acids is 1. The van der Waals surface area contributed by atoms with Crippen LogP contribution in [0.1, 0.15) is 34.2 Å². The predicted octanol–water partition coefficient (Wildman–Crippen LogP) is 3.10. The first-order chi connectivity index (χ1) is 12.4. The van der Waals surface area contributed by atoms with Gasteiger partial charge in [-0.05, 0) is 18.1 Å². The second-order valence-electron chi connectivity index (χ2n) is 5.78. The number of nitrogens with zero attached hydrogens (tertiary/aromatic N) is 1. The third kappa shape index (κ3) is 3.92. The van der Waals surface area contributed by atoms with Crippen LogP contribution >= 0.6 is 11.3 Å². The van der Waals surface area contributed by atoms with E-state index in [0.29, 0.717) is 5.56 Å². The van der Waals surface area contributed by atoms with E-state index < -0.39 is 17.9 Å². The summed E-state index contributed by atoms with van der Waals surface area (Å²) in [6.45, 7) is 1.93. The average Bonchev–Trinajstić information content (AvgIpc) is 3.22. The highest BCUT2D eigenvalue weighted by molar-refractivity contribution is 7.13. The smallest absolute Gasteiger partial charge is 0.305 e. The summed E-state index contributed by atoms with van der Waals surface area (Å²) in [6.07, 6.45) is 1.03. The fraction of sp³-hybridized carbons (Fsp3) is 0.167. The van der Waals surface area contributed by atoms with Gasteiger partial charge in [-0.3, -0.25) is 9.59 Å². The zero-order chi connectivity index (χ0) is 18.7. The van der Waals surface area contributed by atoms with Gasteiger partial charge in [0.05, 0.1) is 28.5 Å². The van der Waals surface area contributed by atoms with Crippen molar-refractivity contribution in [2.24, 2.45) is 0 Å². The lowest BCUT2D eigenvalue weighted by atomic mass is 10.0. The second-order valence-corrected chi connectivity index (χ2v) is 6.64. The Labute approximate surface area is 153 Å². The van der Waals surface area contributed by atoms with Crippen molar-refractivity contribution in [2.45, 2.75) is 19.4 Å². The molecule has 0 aliphatic carbocycles. The molecule has 0 aliphatic rings. The normalized spacial score (nSPS) is 11.9. The van der Waals surface area contributed by atoms with Crippen LogP contribution < -0.4 is 5.32 Å². The van der Waals surface area contributed by atoms with Gasteiger partial charge in [-0.2, -0.15) is 0 Å². The van der Waals surface area contributed by atoms with Gasteiger partial charge >= 0.3 is 5.97 Å². The van der Waals surface area contributed by atoms with Crippen LogP contribution in [0.2, 0.25) is 0 Å². The molecule has 1 atom stereocenters. The average molecular weight is 371 g/mol. The van der Waals surface area contributed by atoms with E-state index in [1.165, 1.54) is 23.6 Å². The SMILES string of the molecule is Cc1ncsc1-c1ccc([C@H](CC(=O)O)NC(=O)c2cc(O)c[nH]2)cc1. The maximum atomic E-state index is 12.3. The zero-order valence-electron chi connectivity index (χ0n) is 13.9. The number of aryl methyl sites for hydroxylation is 1. The predicted molar refractivity (Wildman–Crippen MR) is 97.2 cm³/mol. The van der Waals surface area contributed by atoms with Gasteiger partial charge in [0.2, 0.25) is 0 Å². The van der Waals surface area contributed by atoms with Crippen molar-refractivity contribution in [3.8, 4) is 16.2 Å². The molecule has 0 fully saturated rings. The molecule has 134 valence electrons. The molecule has 0 saturated heterocycles. The molecule has 0 aliphatic heterocycles. The Morgan fingerprint density at radius 2 is 2.04 bits per heavy atom. The first kappa shape index (κ1) is 17.7. The van der Waals surface area contributed by atoms with E-state index in [9.17, 15) is 14.7 Å². The van der Waals surface area contributed by atoms with Gasteiger partial charge in [-0.15, -0.1) is 11.3 Å². The Kier molecular flexibility index (Phi) is 5.04. The van der Waals surface area contributed by atoms with Crippen molar-refractivity contribution in [3.05, 3.63) is 59.0 Å². The van der Waals surface area contributed by atoms with Crippen molar-refractivity contribution in [2.75, 3.05) is 0 Å². The first-order valence-electron chi connectivity index (χ1n) is 7.84. The number of hydrogen-bond acceptors (Lipinski definition) is 5. The van der Waals surface area contributed by atoms with Gasteiger partial charge in [-0.1, -0.05) is 24.3 Å². The number of aromatic nitrogens is 2. The highest BCUT2D eigenvalue weighted by atomic mass is 32.1. The molecule has 26 heavy (non-hydrogen) atoms. The fourth-order valence-corrected chi connectivity index (χ4v) is 3.43. The van der Waals surface area contributed by atoms with Crippen LogP contribution in [0, 0.1) is 6.92 Å². The Balaban J connectivity index is 1.82. The molecule has 3 aromatic rings. The molecule has 2 heterocycles. The molecule has 2 aromatic heterocycles. The van der Waals surface area contributed by atoms with Gasteiger partial charge < -0.3 is 20.5 Å². The third-order valence-corrected chi connectivity index (χ3v) is 4.89. The molecule has 0 spiro atoms. The molecule has 0 bridgehead atoms. The van der Waals surface area contributed by atoms with Gasteiger partial charge in [0, 0.05) is 12.3 Å². The van der Waals surface area contributed by atoms with Crippen LogP contribution in [0.15, 0.2) is 42.0 Å². The summed E-state index contributed by atoms with van der Waals surface area (Å²) in [5.41, 5.74) is 4.54. The number of carboxylic acid groups (broad SMARTS) is 1. The van der Waals surface area contributed by atoms with Crippen molar-refractivity contribution in [1.82, 2.24) is 15.3 Å². The number of aromatic amines is 1. The van der Waals surface area contributed by atoms with Crippen LogP contribution in [0.25, 0.3) is 10.4 Å². The molecule has 7 nitrogen and oxygen atoms in total. The minimum Gasteiger partial charge on any atom is -0.506 e. The number of hydrogen-bond donors (Lipinski definition) is 4. The molecule has 0 saturated carbocycles. The number of benzene rings is 1. The first-order valence-corrected chi connectivity index (χ1v) is 8.72. The number of aromatic hydroxyl groups is 1. The van der Waals surface area contributed by atoms with Crippen LogP contribution in [-0.4, -0.2) is 32.1 Å². The number of carbonyl (C=O) groups is 2. The molecular formula is C18H17N3O4S. The van der Waals surface area contributed by atoms with E-state index in [-0.39, 0.29) is 17.9 Å². The Hall–Kier alpha value is -3.13.